The normalized spacial score (nSPS) is 12.5. The Balaban J connectivity index is 2.83. The van der Waals surface area contributed by atoms with Gasteiger partial charge in [0.2, 0.25) is 0 Å². The van der Waals surface area contributed by atoms with Crippen LogP contribution >= 0.6 is 0 Å². The van der Waals surface area contributed by atoms with Crippen molar-refractivity contribution in [3.05, 3.63) is 23.8 Å². The molecule has 7 heteroatoms. The molecule has 124 valence electrons. The van der Waals surface area contributed by atoms with Gasteiger partial charge in [0.25, 0.3) is 0 Å². The maximum Gasteiger partial charge on any atom is 0.387 e. The molecule has 0 aliphatic carbocycles. The van der Waals surface area contributed by atoms with E-state index in [1.54, 1.807) is 32.9 Å². The number of carbonyl (C=O) groups is 1. The van der Waals surface area contributed by atoms with Gasteiger partial charge in [-0.1, -0.05) is 19.9 Å². The van der Waals surface area contributed by atoms with Crippen molar-refractivity contribution in [3.8, 4) is 11.5 Å². The zero-order chi connectivity index (χ0) is 16.7. The van der Waals surface area contributed by atoms with Crippen LogP contribution in [0.2, 0.25) is 0 Å². The first-order valence-electron chi connectivity index (χ1n) is 7.01. The molecule has 0 amide bonds. The van der Waals surface area contributed by atoms with Crippen LogP contribution in [-0.2, 0) is 11.3 Å². The quantitative estimate of drug-likeness (QED) is 0.733. The van der Waals surface area contributed by atoms with Crippen molar-refractivity contribution >= 4 is 5.97 Å². The SMILES string of the molecule is CCOc1cc(CN[C@@H](C(=O)O)C(C)C)ccc1OC(F)F. The second-order valence-electron chi connectivity index (χ2n) is 5.03. The molecule has 1 aromatic rings. The Hall–Kier alpha value is -1.89. The van der Waals surface area contributed by atoms with E-state index in [1.807, 2.05) is 0 Å². The number of halogens is 2. The molecule has 0 radical (unpaired) electrons. The summed E-state index contributed by atoms with van der Waals surface area (Å²) in [6.07, 6.45) is 0. The molecule has 0 aromatic heterocycles. The van der Waals surface area contributed by atoms with Crippen LogP contribution in [0.1, 0.15) is 26.3 Å². The highest BCUT2D eigenvalue weighted by atomic mass is 19.3. The minimum Gasteiger partial charge on any atom is -0.490 e. The van der Waals surface area contributed by atoms with Crippen LogP contribution in [0, 0.1) is 5.92 Å². The van der Waals surface area contributed by atoms with Crippen molar-refractivity contribution in [1.82, 2.24) is 5.32 Å². The average Bonchev–Trinajstić information content (AvgIpc) is 2.40. The molecule has 0 spiro atoms. The van der Waals surface area contributed by atoms with E-state index in [2.05, 4.69) is 10.1 Å². The van der Waals surface area contributed by atoms with E-state index in [0.717, 1.165) is 5.56 Å². The first kappa shape index (κ1) is 18.2. The summed E-state index contributed by atoms with van der Waals surface area (Å²) in [5.41, 5.74) is 0.719. The number of hydrogen-bond donors (Lipinski definition) is 2. The summed E-state index contributed by atoms with van der Waals surface area (Å²) in [4.78, 5) is 11.1. The molecule has 1 atom stereocenters. The van der Waals surface area contributed by atoms with E-state index in [-0.39, 0.29) is 24.0 Å². The van der Waals surface area contributed by atoms with Gasteiger partial charge >= 0.3 is 12.6 Å². The van der Waals surface area contributed by atoms with E-state index < -0.39 is 18.6 Å². The van der Waals surface area contributed by atoms with Gasteiger partial charge < -0.3 is 19.9 Å². The second kappa shape index (κ2) is 8.53. The van der Waals surface area contributed by atoms with Crippen LogP contribution < -0.4 is 14.8 Å². The fourth-order valence-electron chi connectivity index (χ4n) is 1.96. The van der Waals surface area contributed by atoms with Crippen LogP contribution in [0.25, 0.3) is 0 Å². The number of ether oxygens (including phenoxy) is 2. The Morgan fingerprint density at radius 2 is 2.00 bits per heavy atom. The topological polar surface area (TPSA) is 67.8 Å². The molecule has 0 heterocycles. The van der Waals surface area contributed by atoms with Crippen molar-refractivity contribution in [2.75, 3.05) is 6.61 Å². The first-order chi connectivity index (χ1) is 10.3. The molecule has 2 N–H and O–H groups in total. The molecule has 0 saturated carbocycles. The Morgan fingerprint density at radius 3 is 2.50 bits per heavy atom. The van der Waals surface area contributed by atoms with E-state index in [1.165, 1.54) is 6.07 Å². The van der Waals surface area contributed by atoms with Crippen molar-refractivity contribution in [1.29, 1.82) is 0 Å². The van der Waals surface area contributed by atoms with Gasteiger partial charge in [-0.05, 0) is 30.5 Å². The number of hydrogen-bond acceptors (Lipinski definition) is 4. The van der Waals surface area contributed by atoms with Crippen LogP contribution in [0.3, 0.4) is 0 Å². The summed E-state index contributed by atoms with van der Waals surface area (Å²) in [6.45, 7) is 3.00. The summed E-state index contributed by atoms with van der Waals surface area (Å²) >= 11 is 0. The minimum atomic E-state index is -2.93. The van der Waals surface area contributed by atoms with Crippen molar-refractivity contribution in [3.63, 3.8) is 0 Å². The summed E-state index contributed by atoms with van der Waals surface area (Å²) < 4.78 is 34.3. The van der Waals surface area contributed by atoms with Gasteiger partial charge in [0, 0.05) is 6.54 Å². The number of alkyl halides is 2. The highest BCUT2D eigenvalue weighted by Crippen LogP contribution is 2.30. The van der Waals surface area contributed by atoms with Gasteiger partial charge in [0.1, 0.15) is 6.04 Å². The second-order valence-corrected chi connectivity index (χ2v) is 5.03. The molecule has 22 heavy (non-hydrogen) atoms. The lowest BCUT2D eigenvalue weighted by Gasteiger charge is -2.18. The van der Waals surface area contributed by atoms with Gasteiger partial charge in [-0.2, -0.15) is 8.78 Å². The standard InChI is InChI=1S/C15H21F2NO4/c1-4-21-12-7-10(5-6-11(12)22-15(16)17)8-18-13(9(2)3)14(19)20/h5-7,9,13,15,18H,4,8H2,1-3H3,(H,19,20)/t13-/m1/s1. The lowest BCUT2D eigenvalue weighted by molar-refractivity contribution is -0.140. The maximum absolute atomic E-state index is 12.3. The molecule has 0 saturated heterocycles. The number of aliphatic carboxylic acids is 1. The Morgan fingerprint density at radius 1 is 1.32 bits per heavy atom. The van der Waals surface area contributed by atoms with Crippen molar-refractivity contribution in [2.45, 2.75) is 40.0 Å². The van der Waals surface area contributed by atoms with Crippen LogP contribution in [0.15, 0.2) is 18.2 Å². The monoisotopic (exact) mass is 317 g/mol. The van der Waals surface area contributed by atoms with E-state index in [0.29, 0.717) is 6.61 Å². The predicted octanol–water partition coefficient (Wildman–Crippen LogP) is 2.89. The lowest BCUT2D eigenvalue weighted by atomic mass is 10.0. The Labute approximate surface area is 128 Å². The van der Waals surface area contributed by atoms with E-state index >= 15 is 0 Å². The van der Waals surface area contributed by atoms with E-state index in [4.69, 9.17) is 9.84 Å². The molecular formula is C15H21F2NO4. The molecule has 5 nitrogen and oxygen atoms in total. The zero-order valence-electron chi connectivity index (χ0n) is 12.8. The highest BCUT2D eigenvalue weighted by molar-refractivity contribution is 5.73. The number of benzene rings is 1. The van der Waals surface area contributed by atoms with Crippen LogP contribution in [0.4, 0.5) is 8.78 Å². The molecule has 1 aromatic carbocycles. The predicted molar refractivity (Wildman–Crippen MR) is 77.3 cm³/mol. The summed E-state index contributed by atoms with van der Waals surface area (Å²) in [5, 5.41) is 12.0. The molecule has 0 aliphatic rings. The molecule has 0 bridgehead atoms. The van der Waals surface area contributed by atoms with Gasteiger partial charge in [0.05, 0.1) is 6.61 Å². The van der Waals surface area contributed by atoms with Gasteiger partial charge in [0.15, 0.2) is 11.5 Å². The van der Waals surface area contributed by atoms with Gasteiger partial charge in [-0.15, -0.1) is 0 Å². The maximum atomic E-state index is 12.3. The molecule has 0 fully saturated rings. The van der Waals surface area contributed by atoms with Crippen molar-refractivity contribution < 1.29 is 28.2 Å². The average molecular weight is 317 g/mol. The fourth-order valence-corrected chi connectivity index (χ4v) is 1.96. The highest BCUT2D eigenvalue weighted by Gasteiger charge is 2.20. The zero-order valence-corrected chi connectivity index (χ0v) is 12.8. The molecular weight excluding hydrogens is 296 g/mol. The van der Waals surface area contributed by atoms with Gasteiger partial charge in [-0.25, -0.2) is 0 Å². The minimum absolute atomic E-state index is 0.0424. The third kappa shape index (κ3) is 5.48. The summed E-state index contributed by atoms with van der Waals surface area (Å²) in [6, 6.07) is 3.85. The Kier molecular flexibility index (Phi) is 7.04. The smallest absolute Gasteiger partial charge is 0.387 e. The summed E-state index contributed by atoms with van der Waals surface area (Å²) in [7, 11) is 0. The first-order valence-corrected chi connectivity index (χ1v) is 7.01. The molecule has 1 rings (SSSR count). The molecule has 0 unspecified atom stereocenters. The van der Waals surface area contributed by atoms with Gasteiger partial charge in [-0.3, -0.25) is 4.79 Å². The Bertz CT molecular complexity index is 494. The van der Waals surface area contributed by atoms with E-state index in [9.17, 15) is 13.6 Å². The third-order valence-electron chi connectivity index (χ3n) is 2.98. The van der Waals surface area contributed by atoms with Crippen LogP contribution in [-0.4, -0.2) is 30.3 Å². The number of rotatable bonds is 9. The fraction of sp³-hybridized carbons (Fsp3) is 0.533. The number of carboxylic acid groups (broad SMARTS) is 1. The summed E-state index contributed by atoms with van der Waals surface area (Å²) in [5.74, 6) is -0.847. The van der Waals surface area contributed by atoms with Crippen LogP contribution in [0.5, 0.6) is 11.5 Å². The lowest BCUT2D eigenvalue weighted by Crippen LogP contribution is -2.40. The number of carboxylic acids is 1. The molecule has 0 aliphatic heterocycles. The largest absolute Gasteiger partial charge is 0.490 e. The third-order valence-corrected chi connectivity index (χ3v) is 2.98. The number of nitrogens with one attached hydrogen (secondary N) is 1. The van der Waals surface area contributed by atoms with Crippen molar-refractivity contribution in [2.24, 2.45) is 5.92 Å².